The number of amides is 1. The van der Waals surface area contributed by atoms with Crippen LogP contribution in [-0.2, 0) is 16.1 Å². The Morgan fingerprint density at radius 1 is 1.00 bits per heavy atom. The highest BCUT2D eigenvalue weighted by Gasteiger charge is 2.17. The highest BCUT2D eigenvalue weighted by molar-refractivity contribution is 6.32. The molecule has 0 aliphatic rings. The molecule has 144 valence electrons. The van der Waals surface area contributed by atoms with Crippen LogP contribution < -0.4 is 19.5 Å². The second-order valence-corrected chi connectivity index (χ2v) is 5.77. The minimum Gasteiger partial charge on any atom is -0.496 e. The number of carbonyl (C=O) groups excluding carboxylic acids is 2. The molecule has 8 heteroatoms. The molecule has 0 spiro atoms. The molecule has 2 rings (SSSR count). The summed E-state index contributed by atoms with van der Waals surface area (Å²) in [7, 11) is 4.42. The predicted molar refractivity (Wildman–Crippen MR) is 99.7 cm³/mol. The van der Waals surface area contributed by atoms with E-state index in [2.05, 4.69) is 5.32 Å². The second-order valence-electron chi connectivity index (χ2n) is 5.36. The van der Waals surface area contributed by atoms with Crippen molar-refractivity contribution in [1.29, 1.82) is 0 Å². The molecule has 0 aliphatic carbocycles. The molecule has 0 fully saturated rings. The number of para-hydroxylation sites is 1. The molecular weight excluding hydrogens is 374 g/mol. The Balaban J connectivity index is 1.93. The monoisotopic (exact) mass is 393 g/mol. The quantitative estimate of drug-likeness (QED) is 0.694. The fourth-order valence-corrected chi connectivity index (χ4v) is 2.63. The number of esters is 1. The number of rotatable bonds is 8. The van der Waals surface area contributed by atoms with E-state index in [1.165, 1.54) is 26.4 Å². The van der Waals surface area contributed by atoms with Crippen LogP contribution >= 0.6 is 11.6 Å². The van der Waals surface area contributed by atoms with E-state index in [1.807, 2.05) is 18.2 Å². The molecule has 0 saturated carbocycles. The molecule has 0 heterocycles. The standard InChI is InChI=1S/C19H20ClNO6/c1-24-15-7-5-4-6-12(15)10-21-17(22)11-27-19(23)13-8-14(20)18(26-3)16(9-13)25-2/h4-9H,10-11H2,1-3H3,(H,21,22). The van der Waals surface area contributed by atoms with Gasteiger partial charge in [-0.25, -0.2) is 4.79 Å². The van der Waals surface area contributed by atoms with Gasteiger partial charge in [-0.15, -0.1) is 0 Å². The lowest BCUT2D eigenvalue weighted by atomic mass is 10.2. The van der Waals surface area contributed by atoms with Crippen molar-refractivity contribution in [2.24, 2.45) is 0 Å². The topological polar surface area (TPSA) is 83.1 Å². The summed E-state index contributed by atoms with van der Waals surface area (Å²) in [6.07, 6.45) is 0. The molecule has 27 heavy (non-hydrogen) atoms. The van der Waals surface area contributed by atoms with Gasteiger partial charge in [0.25, 0.3) is 5.91 Å². The molecule has 2 aromatic carbocycles. The van der Waals surface area contributed by atoms with Crippen molar-refractivity contribution in [2.45, 2.75) is 6.54 Å². The van der Waals surface area contributed by atoms with Crippen LogP contribution in [0.5, 0.6) is 17.2 Å². The van der Waals surface area contributed by atoms with E-state index in [9.17, 15) is 9.59 Å². The van der Waals surface area contributed by atoms with Gasteiger partial charge in [0.15, 0.2) is 18.1 Å². The number of hydrogen-bond donors (Lipinski definition) is 1. The zero-order chi connectivity index (χ0) is 19.8. The first-order valence-corrected chi connectivity index (χ1v) is 8.35. The van der Waals surface area contributed by atoms with Crippen molar-refractivity contribution in [1.82, 2.24) is 5.32 Å². The number of hydrogen-bond acceptors (Lipinski definition) is 6. The Bertz CT molecular complexity index is 824. The van der Waals surface area contributed by atoms with Gasteiger partial charge in [0.1, 0.15) is 5.75 Å². The van der Waals surface area contributed by atoms with Gasteiger partial charge in [-0.1, -0.05) is 29.8 Å². The number of nitrogens with one attached hydrogen (secondary N) is 1. The summed E-state index contributed by atoms with van der Waals surface area (Å²) in [6, 6.07) is 10.1. The highest BCUT2D eigenvalue weighted by atomic mass is 35.5. The number of halogens is 1. The maximum absolute atomic E-state index is 12.2. The van der Waals surface area contributed by atoms with E-state index in [0.717, 1.165) is 5.56 Å². The SMILES string of the molecule is COc1ccccc1CNC(=O)COC(=O)c1cc(Cl)c(OC)c(OC)c1. The van der Waals surface area contributed by atoms with Crippen molar-refractivity contribution >= 4 is 23.5 Å². The number of carbonyl (C=O) groups is 2. The fourth-order valence-electron chi connectivity index (χ4n) is 2.34. The molecular formula is C19H20ClNO6. The van der Waals surface area contributed by atoms with Crippen LogP contribution in [0.3, 0.4) is 0 Å². The molecule has 0 unspecified atom stereocenters. The lowest BCUT2D eigenvalue weighted by Gasteiger charge is -2.12. The molecule has 0 atom stereocenters. The van der Waals surface area contributed by atoms with E-state index in [4.69, 9.17) is 30.5 Å². The average molecular weight is 394 g/mol. The first-order chi connectivity index (χ1) is 13.0. The van der Waals surface area contributed by atoms with E-state index >= 15 is 0 Å². The van der Waals surface area contributed by atoms with Crippen molar-refractivity contribution in [2.75, 3.05) is 27.9 Å². The molecule has 7 nitrogen and oxygen atoms in total. The van der Waals surface area contributed by atoms with Gasteiger partial charge < -0.3 is 24.3 Å². The minimum absolute atomic E-state index is 0.148. The molecule has 0 aliphatic heterocycles. The van der Waals surface area contributed by atoms with Crippen molar-refractivity contribution in [3.8, 4) is 17.2 Å². The smallest absolute Gasteiger partial charge is 0.338 e. The Morgan fingerprint density at radius 2 is 1.70 bits per heavy atom. The molecule has 0 aromatic heterocycles. The van der Waals surface area contributed by atoms with Crippen LogP contribution in [0.15, 0.2) is 36.4 Å². The van der Waals surface area contributed by atoms with E-state index in [1.54, 1.807) is 13.2 Å². The maximum Gasteiger partial charge on any atom is 0.338 e. The third kappa shape index (κ3) is 5.27. The van der Waals surface area contributed by atoms with Crippen LogP contribution in [0.4, 0.5) is 0 Å². The van der Waals surface area contributed by atoms with E-state index < -0.39 is 18.5 Å². The van der Waals surface area contributed by atoms with Gasteiger partial charge in [-0.2, -0.15) is 0 Å². The maximum atomic E-state index is 12.2. The lowest BCUT2D eigenvalue weighted by molar-refractivity contribution is -0.124. The molecule has 2 aromatic rings. The Morgan fingerprint density at radius 3 is 2.37 bits per heavy atom. The summed E-state index contributed by atoms with van der Waals surface area (Å²) >= 11 is 6.06. The van der Waals surface area contributed by atoms with Crippen LogP contribution in [0.25, 0.3) is 0 Å². The zero-order valence-corrected chi connectivity index (χ0v) is 16.0. The van der Waals surface area contributed by atoms with Crippen LogP contribution in [0.2, 0.25) is 5.02 Å². The van der Waals surface area contributed by atoms with Crippen LogP contribution in [0.1, 0.15) is 15.9 Å². The van der Waals surface area contributed by atoms with Crippen molar-refractivity contribution in [3.05, 3.63) is 52.5 Å². The predicted octanol–water partition coefficient (Wildman–Crippen LogP) is 2.84. The number of methoxy groups -OCH3 is 3. The van der Waals surface area contributed by atoms with Crippen LogP contribution in [0, 0.1) is 0 Å². The van der Waals surface area contributed by atoms with Gasteiger partial charge in [-0.05, 0) is 18.2 Å². The molecule has 0 radical (unpaired) electrons. The van der Waals surface area contributed by atoms with Crippen molar-refractivity contribution < 1.29 is 28.5 Å². The van der Waals surface area contributed by atoms with E-state index in [-0.39, 0.29) is 22.9 Å². The Labute approximate surface area is 162 Å². The summed E-state index contributed by atoms with van der Waals surface area (Å²) in [5.41, 5.74) is 0.960. The first-order valence-electron chi connectivity index (χ1n) is 7.97. The summed E-state index contributed by atoms with van der Waals surface area (Å²) < 4.78 is 20.5. The highest BCUT2D eigenvalue weighted by Crippen LogP contribution is 2.36. The van der Waals surface area contributed by atoms with Gasteiger partial charge in [-0.3, -0.25) is 4.79 Å². The van der Waals surface area contributed by atoms with Gasteiger partial charge in [0.05, 0.1) is 31.9 Å². The molecule has 0 bridgehead atoms. The average Bonchev–Trinajstić information content (AvgIpc) is 2.69. The molecule has 1 amide bonds. The zero-order valence-electron chi connectivity index (χ0n) is 15.2. The number of ether oxygens (including phenoxy) is 4. The minimum atomic E-state index is -0.703. The second kappa shape index (κ2) is 9.68. The molecule has 1 N–H and O–H groups in total. The summed E-state index contributed by atoms with van der Waals surface area (Å²) in [6.45, 7) is -0.178. The van der Waals surface area contributed by atoms with Crippen molar-refractivity contribution in [3.63, 3.8) is 0 Å². The first kappa shape index (κ1) is 20.4. The number of benzene rings is 2. The Kier molecular flexibility index (Phi) is 7.31. The molecule has 0 saturated heterocycles. The normalized spacial score (nSPS) is 10.1. The Hall–Kier alpha value is -2.93. The van der Waals surface area contributed by atoms with Gasteiger partial charge in [0.2, 0.25) is 0 Å². The third-order valence-corrected chi connectivity index (χ3v) is 3.95. The fraction of sp³-hybridized carbons (Fsp3) is 0.263. The largest absolute Gasteiger partial charge is 0.496 e. The van der Waals surface area contributed by atoms with Crippen LogP contribution in [-0.4, -0.2) is 39.8 Å². The summed E-state index contributed by atoms with van der Waals surface area (Å²) in [5.74, 6) is 0.115. The summed E-state index contributed by atoms with van der Waals surface area (Å²) in [5, 5.41) is 2.86. The summed E-state index contributed by atoms with van der Waals surface area (Å²) in [4.78, 5) is 24.1. The lowest BCUT2D eigenvalue weighted by Crippen LogP contribution is -2.28. The van der Waals surface area contributed by atoms with E-state index in [0.29, 0.717) is 11.5 Å². The van der Waals surface area contributed by atoms with Gasteiger partial charge >= 0.3 is 5.97 Å². The van der Waals surface area contributed by atoms with Gasteiger partial charge in [0, 0.05) is 12.1 Å². The third-order valence-electron chi connectivity index (χ3n) is 3.67.